The minimum Gasteiger partial charge on any atom is -0.493 e. The van der Waals surface area contributed by atoms with Gasteiger partial charge in [0.25, 0.3) is 0 Å². The molecular weight excluding hydrogens is 400 g/mol. The van der Waals surface area contributed by atoms with E-state index in [1.807, 2.05) is 30.3 Å². The molecule has 1 amide bonds. The number of nitrogens with one attached hydrogen (secondary N) is 1. The van der Waals surface area contributed by atoms with Crippen molar-refractivity contribution in [2.45, 2.75) is 51.1 Å². The Hall–Kier alpha value is -2.24. The minimum absolute atomic E-state index is 0. The summed E-state index contributed by atoms with van der Waals surface area (Å²) < 4.78 is 10.8. The van der Waals surface area contributed by atoms with Crippen LogP contribution < -0.4 is 20.5 Å². The van der Waals surface area contributed by atoms with Gasteiger partial charge in [-0.15, -0.1) is 12.4 Å². The second-order valence-corrected chi connectivity index (χ2v) is 7.92. The van der Waals surface area contributed by atoms with Crippen LogP contribution in [0.1, 0.15) is 48.4 Å². The Kier molecular flexibility index (Phi) is 9.00. The van der Waals surface area contributed by atoms with Crippen LogP contribution in [0.15, 0.2) is 42.5 Å². The minimum atomic E-state index is -0.152. The third kappa shape index (κ3) is 5.89. The van der Waals surface area contributed by atoms with E-state index >= 15 is 0 Å². The third-order valence-corrected chi connectivity index (χ3v) is 6.00. The van der Waals surface area contributed by atoms with E-state index in [-0.39, 0.29) is 36.3 Å². The molecule has 3 rings (SSSR count). The molecule has 1 unspecified atom stereocenters. The van der Waals surface area contributed by atoms with Crippen molar-refractivity contribution in [3.63, 3.8) is 0 Å². The smallest absolute Gasteiger partial charge is 0.220 e. The van der Waals surface area contributed by atoms with Gasteiger partial charge in [-0.2, -0.15) is 0 Å². The van der Waals surface area contributed by atoms with Gasteiger partial charge in [0.05, 0.1) is 20.3 Å². The highest BCUT2D eigenvalue weighted by molar-refractivity contribution is 5.85. The average Bonchev–Trinajstić information content (AvgIpc) is 3.12. The molecule has 164 valence electrons. The summed E-state index contributed by atoms with van der Waals surface area (Å²) in [6.07, 6.45) is 4.36. The predicted octanol–water partition coefficient (Wildman–Crippen LogP) is 4.35. The molecule has 30 heavy (non-hydrogen) atoms. The summed E-state index contributed by atoms with van der Waals surface area (Å²) in [5.41, 5.74) is 9.59. The Morgan fingerprint density at radius 3 is 2.50 bits per heavy atom. The summed E-state index contributed by atoms with van der Waals surface area (Å²) >= 11 is 0. The predicted molar refractivity (Wildman–Crippen MR) is 122 cm³/mol. The fourth-order valence-corrected chi connectivity index (χ4v) is 4.19. The van der Waals surface area contributed by atoms with Crippen molar-refractivity contribution in [2.24, 2.45) is 11.7 Å². The highest BCUT2D eigenvalue weighted by atomic mass is 35.5. The van der Waals surface area contributed by atoms with Crippen LogP contribution in [0.25, 0.3) is 0 Å². The number of benzene rings is 2. The highest BCUT2D eigenvalue weighted by Gasteiger charge is 2.27. The molecule has 0 aliphatic heterocycles. The molecule has 3 atom stereocenters. The van der Waals surface area contributed by atoms with Gasteiger partial charge in [0.2, 0.25) is 5.91 Å². The fourth-order valence-electron chi connectivity index (χ4n) is 4.19. The van der Waals surface area contributed by atoms with Gasteiger partial charge in [-0.3, -0.25) is 4.79 Å². The summed E-state index contributed by atoms with van der Waals surface area (Å²) in [5.74, 6) is 1.67. The molecule has 6 heteroatoms. The van der Waals surface area contributed by atoms with Gasteiger partial charge in [0.1, 0.15) is 0 Å². The van der Waals surface area contributed by atoms with Crippen LogP contribution in [0.2, 0.25) is 0 Å². The van der Waals surface area contributed by atoms with Crippen molar-refractivity contribution in [1.29, 1.82) is 0 Å². The molecule has 2 aromatic rings. The molecule has 1 saturated carbocycles. The van der Waals surface area contributed by atoms with E-state index in [9.17, 15) is 4.79 Å². The molecule has 5 nitrogen and oxygen atoms in total. The largest absolute Gasteiger partial charge is 0.493 e. The standard InChI is InChI=1S/C24H32N2O3.ClH/c1-16-7-4-5-8-17(16)13-21(19-11-12-22(28-2)23(14-19)29-3)26-24(27)15-18-9-6-10-20(18)25;/h4-5,7-8,11-12,14,18,20-21H,6,9-10,13,15,25H2,1-3H3,(H,26,27);1H/t18-,20+,21?;/m0./s1. The number of methoxy groups -OCH3 is 2. The zero-order valence-electron chi connectivity index (χ0n) is 18.0. The Morgan fingerprint density at radius 1 is 1.13 bits per heavy atom. The number of aryl methyl sites for hydroxylation is 1. The number of ether oxygens (including phenoxy) is 2. The van der Waals surface area contributed by atoms with E-state index in [2.05, 4.69) is 24.4 Å². The van der Waals surface area contributed by atoms with E-state index in [0.29, 0.717) is 24.3 Å². The number of nitrogens with two attached hydrogens (primary N) is 1. The molecule has 0 saturated heterocycles. The van der Waals surface area contributed by atoms with E-state index in [1.165, 1.54) is 11.1 Å². The number of carbonyl (C=O) groups excluding carboxylic acids is 1. The second kappa shape index (κ2) is 11.2. The number of hydrogen-bond donors (Lipinski definition) is 2. The molecule has 1 aliphatic rings. The Bertz CT molecular complexity index is 843. The van der Waals surface area contributed by atoms with Gasteiger partial charge >= 0.3 is 0 Å². The maximum atomic E-state index is 12.9. The van der Waals surface area contributed by atoms with Gasteiger partial charge in [-0.05, 0) is 60.9 Å². The molecule has 1 fully saturated rings. The van der Waals surface area contributed by atoms with Crippen molar-refractivity contribution >= 4 is 18.3 Å². The van der Waals surface area contributed by atoms with Crippen molar-refractivity contribution < 1.29 is 14.3 Å². The summed E-state index contributed by atoms with van der Waals surface area (Å²) in [5, 5.41) is 3.25. The van der Waals surface area contributed by atoms with E-state index in [0.717, 1.165) is 24.8 Å². The van der Waals surface area contributed by atoms with Crippen LogP contribution in [-0.4, -0.2) is 26.2 Å². The van der Waals surface area contributed by atoms with E-state index < -0.39 is 0 Å². The normalized spacial score (nSPS) is 18.9. The van der Waals surface area contributed by atoms with Crippen molar-refractivity contribution in [3.8, 4) is 11.5 Å². The molecule has 0 radical (unpaired) electrons. The third-order valence-electron chi connectivity index (χ3n) is 6.00. The zero-order chi connectivity index (χ0) is 20.8. The van der Waals surface area contributed by atoms with Crippen LogP contribution in [0.3, 0.4) is 0 Å². The van der Waals surface area contributed by atoms with Crippen LogP contribution in [0.4, 0.5) is 0 Å². The number of halogens is 1. The number of carbonyl (C=O) groups is 1. The Labute approximate surface area is 185 Å². The molecule has 0 bridgehead atoms. The van der Waals surface area contributed by atoms with Gasteiger partial charge < -0.3 is 20.5 Å². The molecule has 0 aromatic heterocycles. The monoisotopic (exact) mass is 432 g/mol. The lowest BCUT2D eigenvalue weighted by Gasteiger charge is -2.23. The highest BCUT2D eigenvalue weighted by Crippen LogP contribution is 2.32. The Balaban J connectivity index is 0.00000320. The average molecular weight is 433 g/mol. The molecular formula is C24H33ClN2O3. The van der Waals surface area contributed by atoms with E-state index in [4.69, 9.17) is 15.2 Å². The summed E-state index contributed by atoms with van der Waals surface area (Å²) in [4.78, 5) is 12.9. The van der Waals surface area contributed by atoms with Crippen LogP contribution in [-0.2, 0) is 11.2 Å². The fraction of sp³-hybridized carbons (Fsp3) is 0.458. The summed E-state index contributed by atoms with van der Waals surface area (Å²) in [6.45, 7) is 2.10. The van der Waals surface area contributed by atoms with E-state index in [1.54, 1.807) is 14.2 Å². The first-order chi connectivity index (χ1) is 14.0. The number of rotatable bonds is 8. The zero-order valence-corrected chi connectivity index (χ0v) is 18.8. The van der Waals surface area contributed by atoms with Crippen molar-refractivity contribution in [2.75, 3.05) is 14.2 Å². The first-order valence-corrected chi connectivity index (χ1v) is 10.3. The van der Waals surface area contributed by atoms with Crippen molar-refractivity contribution in [3.05, 3.63) is 59.2 Å². The maximum Gasteiger partial charge on any atom is 0.220 e. The summed E-state index contributed by atoms with van der Waals surface area (Å²) in [7, 11) is 3.24. The second-order valence-electron chi connectivity index (χ2n) is 7.92. The maximum absolute atomic E-state index is 12.9. The van der Waals surface area contributed by atoms with Gasteiger partial charge in [-0.1, -0.05) is 36.8 Å². The first kappa shape index (κ1) is 24.0. The lowest BCUT2D eigenvalue weighted by Crippen LogP contribution is -2.34. The topological polar surface area (TPSA) is 73.6 Å². The SMILES string of the molecule is COc1ccc(C(Cc2ccccc2C)NC(=O)C[C@@H]2CCC[C@H]2N)cc1OC.Cl. The van der Waals surface area contributed by atoms with Crippen molar-refractivity contribution in [1.82, 2.24) is 5.32 Å². The van der Waals surface area contributed by atoms with Gasteiger partial charge in [-0.25, -0.2) is 0 Å². The molecule has 0 spiro atoms. The van der Waals surface area contributed by atoms with Gasteiger partial charge in [0, 0.05) is 12.5 Å². The summed E-state index contributed by atoms with van der Waals surface area (Å²) in [6, 6.07) is 14.1. The lowest BCUT2D eigenvalue weighted by atomic mass is 9.94. The van der Waals surface area contributed by atoms with Gasteiger partial charge in [0.15, 0.2) is 11.5 Å². The first-order valence-electron chi connectivity index (χ1n) is 10.3. The molecule has 2 aromatic carbocycles. The lowest BCUT2D eigenvalue weighted by molar-refractivity contribution is -0.122. The number of amides is 1. The quantitative estimate of drug-likeness (QED) is 0.650. The molecule has 3 N–H and O–H groups in total. The van der Waals surface area contributed by atoms with Crippen LogP contribution in [0.5, 0.6) is 11.5 Å². The van der Waals surface area contributed by atoms with Crippen LogP contribution >= 0.6 is 12.4 Å². The Morgan fingerprint density at radius 2 is 1.87 bits per heavy atom. The number of hydrogen-bond acceptors (Lipinski definition) is 4. The molecule has 0 heterocycles. The van der Waals surface area contributed by atoms with Crippen LogP contribution in [0, 0.1) is 12.8 Å². The molecule has 1 aliphatic carbocycles.